The number of ether oxygens (including phenoxy) is 4. The van der Waals surface area contributed by atoms with Crippen LogP contribution < -0.4 is 27.4 Å². The minimum absolute atomic E-state index is 0.0296. The Hall–Kier alpha value is -2.15. The zero-order chi connectivity index (χ0) is 34.5. The van der Waals surface area contributed by atoms with E-state index in [1.165, 1.54) is 6.92 Å². The standard InChI is InChI=1S/C26H47N5O15/c1-8(33)29-4-3-12(35)24(42)31-11-5-10(28)22(45-26-20(40)19(39)17(37)13(6-27)43-26)21(41)23(11)46-25-18(38)15(30-9(2)34)16(36)14(7-32)44-25/h10-23,25-26,32,35-41H,3-7,27-28H2,1-2H3,(H,29,33)(H,30,34)(H,31,42)/t10-,11+,12-,13+,14+,15-,16+,17+,18+,19-,20+,21-,22+,23-,25+,26+/m0/s1. The van der Waals surface area contributed by atoms with Gasteiger partial charge in [0.15, 0.2) is 12.6 Å². The molecule has 2 heterocycles. The molecule has 3 fully saturated rings. The number of carbonyl (C=O) groups excluding carboxylic acids is 3. The maximum absolute atomic E-state index is 12.9. The van der Waals surface area contributed by atoms with Gasteiger partial charge in [0.25, 0.3) is 0 Å². The van der Waals surface area contributed by atoms with Gasteiger partial charge in [-0.25, -0.2) is 0 Å². The molecular weight excluding hydrogens is 622 g/mol. The second-order valence-electron chi connectivity index (χ2n) is 11.7. The minimum Gasteiger partial charge on any atom is -0.394 e. The summed E-state index contributed by atoms with van der Waals surface area (Å²) in [5.74, 6) is -1.94. The highest BCUT2D eigenvalue weighted by Gasteiger charge is 2.53. The molecule has 20 heteroatoms. The van der Waals surface area contributed by atoms with Crippen molar-refractivity contribution in [1.82, 2.24) is 16.0 Å². The Balaban J connectivity index is 1.87. The summed E-state index contributed by atoms with van der Waals surface area (Å²) in [5, 5.41) is 91.4. The fourth-order valence-electron chi connectivity index (χ4n) is 5.67. The lowest BCUT2D eigenvalue weighted by molar-refractivity contribution is -0.333. The molecule has 0 radical (unpaired) electrons. The van der Waals surface area contributed by atoms with Crippen LogP contribution in [0.2, 0.25) is 0 Å². The molecular formula is C26H47N5O15. The van der Waals surface area contributed by atoms with Gasteiger partial charge in [-0.1, -0.05) is 0 Å². The SMILES string of the molecule is CC(=O)NCC[C@H](O)C(=O)N[C@@H]1C[C@H](N)[C@@H](O[C@H]2O[C@H](CN)[C@@H](O)[C@H](O)[C@H]2O)[C@H](O)[C@H]1O[C@H]1O[C@H](CO)[C@@H](O)[C@H](NC(C)=O)[C@H]1O. The van der Waals surface area contributed by atoms with E-state index < -0.39 is 116 Å². The van der Waals surface area contributed by atoms with Crippen LogP contribution in [-0.2, 0) is 33.3 Å². The number of aliphatic hydroxyl groups is 8. The smallest absolute Gasteiger partial charge is 0.249 e. The normalized spacial score (nSPS) is 42.1. The number of hydrogen-bond donors (Lipinski definition) is 13. The molecule has 3 amide bonds. The van der Waals surface area contributed by atoms with Crippen LogP contribution in [0.5, 0.6) is 0 Å². The van der Waals surface area contributed by atoms with Gasteiger partial charge < -0.3 is 87.2 Å². The van der Waals surface area contributed by atoms with E-state index in [2.05, 4.69) is 16.0 Å². The van der Waals surface area contributed by atoms with Crippen LogP contribution in [0.4, 0.5) is 0 Å². The highest BCUT2D eigenvalue weighted by atomic mass is 16.7. The highest BCUT2D eigenvalue weighted by Crippen LogP contribution is 2.32. The number of hydrogen-bond acceptors (Lipinski definition) is 17. The molecule has 0 aromatic carbocycles. The van der Waals surface area contributed by atoms with E-state index in [0.29, 0.717) is 0 Å². The summed E-state index contributed by atoms with van der Waals surface area (Å²) >= 11 is 0. The molecule has 0 aromatic rings. The number of carbonyl (C=O) groups is 3. The van der Waals surface area contributed by atoms with Gasteiger partial charge in [0.1, 0.15) is 67.1 Å². The lowest BCUT2D eigenvalue weighted by Crippen LogP contribution is -2.70. The third kappa shape index (κ3) is 9.05. The van der Waals surface area contributed by atoms with Crippen molar-refractivity contribution in [2.24, 2.45) is 11.5 Å². The Kier molecular flexibility index (Phi) is 14.0. The topological polar surface area (TPSA) is 338 Å². The molecule has 46 heavy (non-hydrogen) atoms. The maximum atomic E-state index is 12.9. The van der Waals surface area contributed by atoms with E-state index in [4.69, 9.17) is 30.4 Å². The van der Waals surface area contributed by atoms with Crippen molar-refractivity contribution in [3.05, 3.63) is 0 Å². The lowest BCUT2D eigenvalue weighted by Gasteiger charge is -2.49. The molecule has 266 valence electrons. The maximum Gasteiger partial charge on any atom is 0.249 e. The Bertz CT molecular complexity index is 1030. The first-order valence-corrected chi connectivity index (χ1v) is 14.9. The molecule has 0 bridgehead atoms. The van der Waals surface area contributed by atoms with Crippen molar-refractivity contribution < 1.29 is 74.2 Å². The molecule has 1 aliphatic carbocycles. The van der Waals surface area contributed by atoms with Gasteiger partial charge in [-0.15, -0.1) is 0 Å². The third-order valence-electron chi connectivity index (χ3n) is 8.18. The van der Waals surface area contributed by atoms with Crippen molar-refractivity contribution in [2.75, 3.05) is 19.7 Å². The zero-order valence-corrected chi connectivity index (χ0v) is 25.4. The molecule has 20 nitrogen and oxygen atoms in total. The summed E-state index contributed by atoms with van der Waals surface area (Å²) in [5.41, 5.74) is 11.9. The van der Waals surface area contributed by atoms with Crippen LogP contribution in [-0.4, -0.2) is 176 Å². The molecule has 16 atom stereocenters. The Morgan fingerprint density at radius 1 is 0.826 bits per heavy atom. The van der Waals surface area contributed by atoms with E-state index in [1.54, 1.807) is 0 Å². The minimum atomic E-state index is -1.81. The van der Waals surface area contributed by atoms with Gasteiger partial charge in [0.2, 0.25) is 17.7 Å². The second kappa shape index (κ2) is 16.8. The van der Waals surface area contributed by atoms with Crippen LogP contribution in [0.3, 0.4) is 0 Å². The monoisotopic (exact) mass is 669 g/mol. The fraction of sp³-hybridized carbons (Fsp3) is 0.885. The van der Waals surface area contributed by atoms with Crippen molar-refractivity contribution in [2.45, 2.75) is 125 Å². The largest absolute Gasteiger partial charge is 0.394 e. The fourth-order valence-corrected chi connectivity index (χ4v) is 5.67. The van der Waals surface area contributed by atoms with Gasteiger partial charge in [-0.2, -0.15) is 0 Å². The number of rotatable bonds is 12. The first kappa shape index (κ1) is 38.3. The highest BCUT2D eigenvalue weighted by molar-refractivity contribution is 5.81. The summed E-state index contributed by atoms with van der Waals surface area (Å²) < 4.78 is 22.7. The van der Waals surface area contributed by atoms with Crippen LogP contribution in [0, 0.1) is 0 Å². The molecule has 1 saturated carbocycles. The average Bonchev–Trinajstić information content (AvgIpc) is 2.99. The summed E-state index contributed by atoms with van der Waals surface area (Å²) in [6, 6.07) is -3.72. The molecule has 2 saturated heterocycles. The van der Waals surface area contributed by atoms with Crippen LogP contribution in [0.25, 0.3) is 0 Å². The number of amides is 3. The van der Waals surface area contributed by atoms with Crippen molar-refractivity contribution in [3.63, 3.8) is 0 Å². The summed E-state index contributed by atoms with van der Waals surface area (Å²) in [7, 11) is 0. The van der Waals surface area contributed by atoms with Gasteiger partial charge >= 0.3 is 0 Å². The number of aliphatic hydroxyl groups excluding tert-OH is 8. The molecule has 0 spiro atoms. The van der Waals surface area contributed by atoms with Crippen molar-refractivity contribution >= 4 is 17.7 Å². The van der Waals surface area contributed by atoms with Crippen LogP contribution >= 0.6 is 0 Å². The van der Waals surface area contributed by atoms with Crippen molar-refractivity contribution in [1.29, 1.82) is 0 Å². The van der Waals surface area contributed by atoms with Gasteiger partial charge in [0, 0.05) is 33.0 Å². The zero-order valence-electron chi connectivity index (χ0n) is 25.4. The Labute approximate surface area is 263 Å². The first-order valence-electron chi connectivity index (χ1n) is 14.9. The second-order valence-corrected chi connectivity index (χ2v) is 11.7. The van der Waals surface area contributed by atoms with Gasteiger partial charge in [-0.05, 0) is 12.8 Å². The summed E-state index contributed by atoms with van der Waals surface area (Å²) in [4.78, 5) is 35.8. The summed E-state index contributed by atoms with van der Waals surface area (Å²) in [6.45, 7) is 1.33. The van der Waals surface area contributed by atoms with Crippen molar-refractivity contribution in [3.8, 4) is 0 Å². The van der Waals surface area contributed by atoms with E-state index in [0.717, 1.165) is 6.92 Å². The predicted molar refractivity (Wildman–Crippen MR) is 151 cm³/mol. The summed E-state index contributed by atoms with van der Waals surface area (Å²) in [6.07, 6.45) is -21.1. The lowest BCUT2D eigenvalue weighted by atomic mass is 9.83. The van der Waals surface area contributed by atoms with Gasteiger partial charge in [0.05, 0.1) is 18.7 Å². The molecule has 0 unspecified atom stereocenters. The molecule has 15 N–H and O–H groups in total. The Morgan fingerprint density at radius 3 is 2.02 bits per heavy atom. The number of nitrogens with one attached hydrogen (secondary N) is 3. The predicted octanol–water partition coefficient (Wildman–Crippen LogP) is -8.07. The van der Waals surface area contributed by atoms with Gasteiger partial charge in [-0.3, -0.25) is 14.4 Å². The van der Waals surface area contributed by atoms with E-state index in [9.17, 15) is 55.2 Å². The van der Waals surface area contributed by atoms with E-state index in [1.807, 2.05) is 0 Å². The Morgan fingerprint density at radius 2 is 1.43 bits per heavy atom. The first-order chi connectivity index (χ1) is 21.6. The third-order valence-corrected chi connectivity index (χ3v) is 8.18. The molecule has 0 aromatic heterocycles. The molecule has 3 aliphatic rings. The van der Waals surface area contributed by atoms with E-state index in [-0.39, 0.29) is 31.8 Å². The molecule has 3 rings (SSSR count). The van der Waals surface area contributed by atoms with Crippen LogP contribution in [0.15, 0.2) is 0 Å². The van der Waals surface area contributed by atoms with E-state index >= 15 is 0 Å². The van der Waals surface area contributed by atoms with Crippen LogP contribution in [0.1, 0.15) is 26.7 Å². The number of nitrogens with two attached hydrogens (primary N) is 2. The quantitative estimate of drug-likeness (QED) is 0.0917. The molecule has 2 aliphatic heterocycles. The average molecular weight is 670 g/mol.